The van der Waals surface area contributed by atoms with Crippen LogP contribution in [0.2, 0.25) is 0 Å². The molecule has 5 heteroatoms. The van der Waals surface area contributed by atoms with E-state index in [1.165, 1.54) is 25.7 Å². The summed E-state index contributed by atoms with van der Waals surface area (Å²) in [6.07, 6.45) is 12.0. The van der Waals surface area contributed by atoms with Gasteiger partial charge in [-0.3, -0.25) is 0 Å². The van der Waals surface area contributed by atoms with Gasteiger partial charge in [-0.1, -0.05) is 0 Å². The average Bonchev–Trinajstić information content (AvgIpc) is 2.31. The molecule has 0 unspecified atom stereocenters. The minimum absolute atomic E-state index is 0.796. The van der Waals surface area contributed by atoms with Crippen LogP contribution in [0.25, 0.3) is 0 Å². The molecule has 0 saturated carbocycles. The van der Waals surface area contributed by atoms with E-state index in [1.807, 2.05) is 0 Å². The summed E-state index contributed by atoms with van der Waals surface area (Å²) in [5.74, 6) is -3.65. The fourth-order valence-electron chi connectivity index (χ4n) is 2.87. The molecular formula is C14H31O4P. The zero-order chi connectivity index (χ0) is 15.3. The Bertz CT molecular complexity index is 212. The van der Waals surface area contributed by atoms with Crippen molar-refractivity contribution < 1.29 is 19.8 Å². The Hall–Kier alpha value is -0.630. The number of carboxylic acid groups (broad SMARTS) is 2. The van der Waals surface area contributed by atoms with Crippen LogP contribution < -0.4 is 0 Å². The largest absolute Gasteiger partial charge is 0.473 e. The van der Waals surface area contributed by atoms with Gasteiger partial charge in [-0.25, -0.2) is 9.59 Å². The first-order valence-electron chi connectivity index (χ1n) is 7.35. The van der Waals surface area contributed by atoms with Gasteiger partial charge < -0.3 is 10.2 Å². The Kier molecular flexibility index (Phi) is 13.5. The van der Waals surface area contributed by atoms with Crippen LogP contribution in [0.1, 0.15) is 53.4 Å². The molecule has 0 aliphatic carbocycles. The number of hydrogen-bond acceptors (Lipinski definition) is 2. The van der Waals surface area contributed by atoms with E-state index in [-0.39, 0.29) is 0 Å². The predicted molar refractivity (Wildman–Crippen MR) is 84.2 cm³/mol. The van der Waals surface area contributed by atoms with Crippen molar-refractivity contribution in [3.05, 3.63) is 0 Å². The van der Waals surface area contributed by atoms with Gasteiger partial charge in [0, 0.05) is 0 Å². The van der Waals surface area contributed by atoms with Crippen molar-refractivity contribution >= 4 is 19.2 Å². The molecule has 0 amide bonds. The van der Waals surface area contributed by atoms with Crippen molar-refractivity contribution in [3.63, 3.8) is 0 Å². The minimum Gasteiger partial charge on any atom is -0.473 e. The van der Waals surface area contributed by atoms with E-state index in [4.69, 9.17) is 19.8 Å². The molecule has 0 spiro atoms. The number of rotatable bonds is 8. The molecule has 0 bridgehead atoms. The third kappa shape index (κ3) is 10.9. The molecule has 0 aromatic rings. The normalized spacial score (nSPS) is 11.4. The van der Waals surface area contributed by atoms with E-state index in [1.54, 1.807) is 24.6 Å². The maximum atomic E-state index is 9.10. The second kappa shape index (κ2) is 12.4. The third-order valence-electron chi connectivity index (χ3n) is 3.30. The Morgan fingerprint density at radius 3 is 1.00 bits per heavy atom. The van der Waals surface area contributed by atoms with Crippen molar-refractivity contribution in [2.24, 2.45) is 0 Å². The molecule has 4 nitrogen and oxygen atoms in total. The first kappa shape index (κ1) is 20.7. The van der Waals surface area contributed by atoms with Gasteiger partial charge in [-0.2, -0.15) is 0 Å². The van der Waals surface area contributed by atoms with Crippen molar-refractivity contribution in [2.45, 2.75) is 53.4 Å². The second-order valence-electron chi connectivity index (χ2n) is 5.11. The Morgan fingerprint density at radius 1 is 0.684 bits per heavy atom. The van der Waals surface area contributed by atoms with Crippen molar-refractivity contribution in [2.75, 3.05) is 24.6 Å². The van der Waals surface area contributed by atoms with Gasteiger partial charge in [0.25, 0.3) is 0 Å². The molecule has 2 N–H and O–H groups in total. The summed E-state index contributed by atoms with van der Waals surface area (Å²) >= 11 is 0. The molecular weight excluding hydrogens is 263 g/mol. The van der Waals surface area contributed by atoms with Crippen LogP contribution in [0, 0.1) is 0 Å². The fourth-order valence-corrected chi connectivity index (χ4v) is 8.61. The van der Waals surface area contributed by atoms with Crippen LogP contribution in [0.4, 0.5) is 0 Å². The molecule has 0 aliphatic heterocycles. The van der Waals surface area contributed by atoms with Crippen LogP contribution in [-0.4, -0.2) is 46.8 Å². The van der Waals surface area contributed by atoms with Crippen LogP contribution in [0.15, 0.2) is 0 Å². The summed E-state index contributed by atoms with van der Waals surface area (Å²) in [6, 6.07) is 0. The van der Waals surface area contributed by atoms with Gasteiger partial charge >= 0.3 is 97.2 Å². The van der Waals surface area contributed by atoms with Gasteiger partial charge in [0.1, 0.15) is 0 Å². The quantitative estimate of drug-likeness (QED) is 0.530. The molecule has 0 atom stereocenters. The molecule has 0 saturated heterocycles. The SMILES string of the molecule is CCC[PH](CCC)(CCC)CCC.O=C(O)C(=O)O. The third-order valence-corrected chi connectivity index (χ3v) is 9.55. The Balaban J connectivity index is 0. The Labute approximate surface area is 117 Å². The predicted octanol–water partition coefficient (Wildman–Crippen LogP) is 3.53. The molecule has 0 aromatic heterocycles. The maximum Gasteiger partial charge on any atom is 0.414 e. The van der Waals surface area contributed by atoms with Crippen molar-refractivity contribution in [1.82, 2.24) is 0 Å². The summed E-state index contributed by atoms with van der Waals surface area (Å²) in [6.45, 7) is 9.46. The van der Waals surface area contributed by atoms with Gasteiger partial charge in [0.05, 0.1) is 0 Å². The van der Waals surface area contributed by atoms with Gasteiger partial charge in [-0.15, -0.1) is 0 Å². The van der Waals surface area contributed by atoms with Crippen molar-refractivity contribution in [1.29, 1.82) is 0 Å². The standard InChI is InChI=1S/C12H29P.C2H2O4/c1-5-9-13(10-6-2,11-7-3)12-8-4;3-1(4)2(5)6/h13H,5-12H2,1-4H3;(H,3,4)(H,5,6). The number of carboxylic acids is 2. The minimum atomic E-state index is -1.82. The van der Waals surface area contributed by atoms with Crippen LogP contribution >= 0.6 is 7.26 Å². The summed E-state index contributed by atoms with van der Waals surface area (Å²) in [4.78, 5) is 18.2. The van der Waals surface area contributed by atoms with E-state index in [0.29, 0.717) is 0 Å². The molecule has 0 heterocycles. The molecule has 19 heavy (non-hydrogen) atoms. The van der Waals surface area contributed by atoms with E-state index < -0.39 is 19.2 Å². The zero-order valence-electron chi connectivity index (χ0n) is 12.9. The monoisotopic (exact) mass is 294 g/mol. The number of hydrogen-bond donors (Lipinski definition) is 2. The van der Waals surface area contributed by atoms with E-state index in [0.717, 1.165) is 0 Å². The number of aliphatic carboxylic acids is 2. The van der Waals surface area contributed by atoms with Crippen molar-refractivity contribution in [3.8, 4) is 0 Å². The smallest absolute Gasteiger partial charge is 0.414 e. The average molecular weight is 294 g/mol. The fraction of sp³-hybridized carbons (Fsp3) is 0.857. The summed E-state index contributed by atoms with van der Waals surface area (Å²) in [5, 5.41) is 14.8. The molecule has 0 aliphatic rings. The molecule has 0 aromatic carbocycles. The number of carbonyl (C=O) groups is 2. The molecule has 0 fully saturated rings. The molecule has 0 radical (unpaired) electrons. The summed E-state index contributed by atoms with van der Waals surface area (Å²) < 4.78 is 0. The topological polar surface area (TPSA) is 74.6 Å². The van der Waals surface area contributed by atoms with Crippen LogP contribution in [0.3, 0.4) is 0 Å². The van der Waals surface area contributed by atoms with E-state index in [2.05, 4.69) is 27.7 Å². The van der Waals surface area contributed by atoms with Gasteiger partial charge in [0.2, 0.25) is 0 Å². The van der Waals surface area contributed by atoms with Gasteiger partial charge in [-0.05, 0) is 0 Å². The van der Waals surface area contributed by atoms with E-state index >= 15 is 0 Å². The first-order chi connectivity index (χ1) is 8.89. The second-order valence-corrected chi connectivity index (χ2v) is 10.1. The first-order valence-corrected chi connectivity index (χ1v) is 10.2. The molecule has 116 valence electrons. The Morgan fingerprint density at radius 2 is 0.895 bits per heavy atom. The zero-order valence-corrected chi connectivity index (χ0v) is 13.9. The van der Waals surface area contributed by atoms with Crippen LogP contribution in [-0.2, 0) is 9.59 Å². The van der Waals surface area contributed by atoms with Gasteiger partial charge in [0.15, 0.2) is 0 Å². The van der Waals surface area contributed by atoms with Crippen LogP contribution in [0.5, 0.6) is 0 Å². The molecule has 0 rings (SSSR count). The summed E-state index contributed by atoms with van der Waals surface area (Å²) in [5.41, 5.74) is 0. The summed E-state index contributed by atoms with van der Waals surface area (Å²) in [7, 11) is -0.796. The van der Waals surface area contributed by atoms with E-state index in [9.17, 15) is 0 Å². The maximum absolute atomic E-state index is 9.10.